The number of methoxy groups -OCH3 is 1. The van der Waals surface area contributed by atoms with E-state index < -0.39 is 78.6 Å². The third kappa shape index (κ3) is 15.1. The van der Waals surface area contributed by atoms with Gasteiger partial charge in [0.15, 0.2) is 5.71 Å². The van der Waals surface area contributed by atoms with Crippen LogP contribution in [0, 0.1) is 0 Å². The third-order valence-electron chi connectivity index (χ3n) is 11.4. The van der Waals surface area contributed by atoms with Crippen molar-refractivity contribution in [3.63, 3.8) is 0 Å². The summed E-state index contributed by atoms with van der Waals surface area (Å²) < 4.78 is 159. The summed E-state index contributed by atoms with van der Waals surface area (Å²) in [7, 11) is -17.3. The Balaban J connectivity index is 1.80. The average molecular weight is 989 g/mol. The van der Waals surface area contributed by atoms with Crippen LogP contribution in [0.5, 0.6) is 0 Å². The quantitative estimate of drug-likeness (QED) is 0.0528. The second kappa shape index (κ2) is 22.7. The Bertz CT molecular complexity index is 2610. The van der Waals surface area contributed by atoms with E-state index in [0.29, 0.717) is 86.0 Å². The van der Waals surface area contributed by atoms with E-state index >= 15 is 0 Å². The van der Waals surface area contributed by atoms with Gasteiger partial charge in [0.2, 0.25) is 5.69 Å². The van der Waals surface area contributed by atoms with E-state index in [1.165, 1.54) is 24.3 Å². The number of ether oxygens (including phenoxy) is 3. The minimum Gasteiger partial charge on any atom is -0.748 e. The molecule has 23 heteroatoms. The molecule has 362 valence electrons. The molecule has 2 aromatic carbocycles. The lowest BCUT2D eigenvalue weighted by Gasteiger charge is -2.30. The first-order valence-corrected chi connectivity index (χ1v) is 26.8. The van der Waals surface area contributed by atoms with Crippen molar-refractivity contribution >= 4 is 63.5 Å². The number of hydrogen-bond acceptors (Lipinski definition) is 16. The van der Waals surface area contributed by atoms with E-state index in [2.05, 4.69) is 0 Å². The van der Waals surface area contributed by atoms with Crippen molar-refractivity contribution in [1.82, 2.24) is 0 Å². The van der Waals surface area contributed by atoms with E-state index in [4.69, 9.17) is 14.2 Å². The fourth-order valence-corrected chi connectivity index (χ4v) is 10.2. The van der Waals surface area contributed by atoms with Crippen molar-refractivity contribution in [3.8, 4) is 0 Å². The summed E-state index contributed by atoms with van der Waals surface area (Å²) >= 11 is 0. The lowest BCUT2D eigenvalue weighted by Crippen LogP contribution is -2.32. The molecule has 0 aliphatic carbocycles. The molecule has 2 aromatic rings. The van der Waals surface area contributed by atoms with E-state index in [1.807, 2.05) is 17.9 Å². The number of fused-ring (bicyclic) bond motifs is 2. The van der Waals surface area contributed by atoms with Crippen LogP contribution < -0.4 is 4.90 Å². The normalized spacial score (nSPS) is 19.9. The molecule has 0 amide bonds. The first-order valence-electron chi connectivity index (χ1n) is 20.8. The average Bonchev–Trinajstić information content (AvgIpc) is 3.56. The van der Waals surface area contributed by atoms with Crippen LogP contribution in [0.3, 0.4) is 0 Å². The lowest BCUT2D eigenvalue weighted by atomic mass is 9.76. The highest BCUT2D eigenvalue weighted by atomic mass is 32.2. The Morgan fingerprint density at radius 2 is 1.37 bits per heavy atom. The molecular formula is C42H56N2O17S4-2. The second-order valence-corrected chi connectivity index (χ2v) is 21.9. The molecule has 0 radical (unpaired) electrons. The van der Waals surface area contributed by atoms with Gasteiger partial charge in [0.05, 0.1) is 57.5 Å². The maximum atomic E-state index is 12.2. The third-order valence-corrected chi connectivity index (χ3v) is 14.7. The van der Waals surface area contributed by atoms with Gasteiger partial charge in [-0.1, -0.05) is 24.6 Å². The van der Waals surface area contributed by atoms with Crippen LogP contribution in [0.2, 0.25) is 0 Å². The van der Waals surface area contributed by atoms with Crippen LogP contribution in [0.25, 0.3) is 0 Å². The molecule has 4 rings (SSSR count). The fraction of sp³-hybridized carbons (Fsp3) is 0.524. The van der Waals surface area contributed by atoms with Gasteiger partial charge >= 0.3 is 5.97 Å². The van der Waals surface area contributed by atoms with Crippen LogP contribution in [-0.2, 0) is 70.3 Å². The van der Waals surface area contributed by atoms with Gasteiger partial charge in [-0.15, -0.1) is 0 Å². The highest BCUT2D eigenvalue weighted by Crippen LogP contribution is 2.51. The summed E-state index contributed by atoms with van der Waals surface area (Å²) in [5.41, 5.74) is 0.937. The molecule has 0 aromatic heterocycles. The Hall–Kier alpha value is -3.88. The number of unbranched alkanes of at least 4 members (excludes halogenated alkanes) is 2. The zero-order chi connectivity index (χ0) is 48.3. The number of rotatable bonds is 28. The molecule has 2 aliphatic rings. The summed E-state index contributed by atoms with van der Waals surface area (Å²) in [5.74, 6) is -2.28. The zero-order valence-corrected chi connectivity index (χ0v) is 39.7. The van der Waals surface area contributed by atoms with Crippen molar-refractivity contribution in [2.75, 3.05) is 69.6 Å². The minimum atomic E-state index is -4.95. The highest BCUT2D eigenvalue weighted by molar-refractivity contribution is 7.86. The van der Waals surface area contributed by atoms with Crippen molar-refractivity contribution < 1.29 is 80.6 Å². The van der Waals surface area contributed by atoms with Gasteiger partial charge in [0.1, 0.15) is 26.8 Å². The summed E-state index contributed by atoms with van der Waals surface area (Å²) in [6, 6.07) is 7.83. The molecule has 0 spiro atoms. The summed E-state index contributed by atoms with van der Waals surface area (Å²) in [6.07, 6.45) is 10.1. The Labute approximate surface area is 381 Å². The van der Waals surface area contributed by atoms with Gasteiger partial charge in [-0.3, -0.25) is 9.35 Å². The first kappa shape index (κ1) is 53.7. The summed E-state index contributed by atoms with van der Waals surface area (Å²) in [6.45, 7) is 5.52. The molecule has 2 unspecified atom stereocenters. The predicted molar refractivity (Wildman–Crippen MR) is 236 cm³/mol. The topological polar surface area (TPSA) is 297 Å². The number of aliphatic carboxylic acids is 1. The van der Waals surface area contributed by atoms with Crippen LogP contribution in [0.15, 0.2) is 82.3 Å². The van der Waals surface area contributed by atoms with E-state index in [0.717, 1.165) is 6.07 Å². The molecular weight excluding hydrogens is 933 g/mol. The number of hydrogen-bond donors (Lipinski definition) is 2. The summed E-state index contributed by atoms with van der Waals surface area (Å²) in [4.78, 5) is 12.2. The Kier molecular flexibility index (Phi) is 18.8. The van der Waals surface area contributed by atoms with Gasteiger partial charge in [-0.25, -0.2) is 25.3 Å². The van der Waals surface area contributed by atoms with Gasteiger partial charge < -0.3 is 37.9 Å². The van der Waals surface area contributed by atoms with Crippen molar-refractivity contribution in [1.29, 1.82) is 0 Å². The van der Waals surface area contributed by atoms with Crippen LogP contribution in [-0.4, -0.2) is 138 Å². The van der Waals surface area contributed by atoms with Crippen LogP contribution in [0.1, 0.15) is 76.3 Å². The van der Waals surface area contributed by atoms with Gasteiger partial charge in [-0.05, 0) is 87.9 Å². The minimum absolute atomic E-state index is 0.00742. The molecule has 19 nitrogen and oxygen atoms in total. The molecule has 0 bridgehead atoms. The predicted octanol–water partition coefficient (Wildman–Crippen LogP) is 3.94. The SMILES string of the molecule is COCCOCCOCCC1(C)C(=CC=CC=CC2=[N+](CCCS(=O)(=O)O)c3ccc(S(=O)(=O)[O-])cc3C2(C)CCCS(=O)(=O)[O-])N(CCCCCC(=O)O)c2ccc(S(=O)(=O)[O-])cc21. The van der Waals surface area contributed by atoms with Crippen molar-refractivity contribution in [2.45, 2.75) is 85.8 Å². The molecule has 2 heterocycles. The largest absolute Gasteiger partial charge is 0.748 e. The molecule has 2 aliphatic heterocycles. The smallest absolute Gasteiger partial charge is 0.303 e. The second-order valence-electron chi connectivity index (χ2n) is 16.1. The standard InChI is InChI=1S/C42H58N2O17S4/c1-41(19-10-28-62(47,48)49)34-30-32(64(53,54)55)15-17-36(34)44(22-11-29-63(50,51)52)38(41)12-6-4-7-13-39-42(2,20-23-60-26-27-61-25-24-59-3)35-31-33(65(56,57)58)16-18-37(35)43(39)21-9-5-8-14-40(45)46/h4,6-7,12-13,15-18,30-31H,5,8-11,14,19-29H2,1-3H3,(H4-,45,46,47,48,49,50,51,52,53,54,55,56,57,58)/p-2. The number of benzene rings is 2. The number of nitrogens with zero attached hydrogens (tertiary/aromatic N) is 2. The molecule has 0 fully saturated rings. The number of carboxylic acids is 1. The first-order chi connectivity index (χ1) is 30.3. The van der Waals surface area contributed by atoms with E-state index in [1.54, 1.807) is 49.0 Å². The molecule has 2 N–H and O–H groups in total. The van der Waals surface area contributed by atoms with Gasteiger partial charge in [-0.2, -0.15) is 13.0 Å². The fourth-order valence-electron chi connectivity index (χ4n) is 8.21. The van der Waals surface area contributed by atoms with Crippen LogP contribution >= 0.6 is 0 Å². The van der Waals surface area contributed by atoms with E-state index in [-0.39, 0.29) is 45.4 Å². The molecule has 0 saturated carbocycles. The van der Waals surface area contributed by atoms with Gasteiger partial charge in [0, 0.05) is 73.4 Å². The number of carbonyl (C=O) groups is 1. The Morgan fingerprint density at radius 1 is 0.738 bits per heavy atom. The number of anilines is 1. The molecule has 65 heavy (non-hydrogen) atoms. The number of allylic oxidation sites excluding steroid dienone is 6. The van der Waals surface area contributed by atoms with Crippen molar-refractivity contribution in [3.05, 3.63) is 83.6 Å². The lowest BCUT2D eigenvalue weighted by molar-refractivity contribution is -0.437. The highest BCUT2D eigenvalue weighted by Gasteiger charge is 2.48. The summed E-state index contributed by atoms with van der Waals surface area (Å²) in [5, 5.41) is 9.17. The zero-order valence-electron chi connectivity index (χ0n) is 36.4. The van der Waals surface area contributed by atoms with Gasteiger partial charge in [0.25, 0.3) is 10.1 Å². The van der Waals surface area contributed by atoms with Crippen molar-refractivity contribution in [2.24, 2.45) is 0 Å². The molecule has 0 saturated heterocycles. The Morgan fingerprint density at radius 3 is 1.98 bits per heavy atom. The maximum Gasteiger partial charge on any atom is 0.303 e. The van der Waals surface area contributed by atoms with Crippen LogP contribution in [0.4, 0.5) is 11.4 Å². The monoisotopic (exact) mass is 988 g/mol. The van der Waals surface area contributed by atoms with E-state index in [9.17, 15) is 61.8 Å². The maximum absolute atomic E-state index is 12.2. The molecule has 2 atom stereocenters. The number of carboxylic acid groups (broad SMARTS) is 1.